The third-order valence-electron chi connectivity index (χ3n) is 8.37. The van der Waals surface area contributed by atoms with Gasteiger partial charge in [-0.2, -0.15) is 21.4 Å². The number of nitrogens with zero attached hydrogens (tertiary/aromatic N) is 1. The fourth-order valence-electron chi connectivity index (χ4n) is 6.12. The number of carboxylic acid groups (broad SMARTS) is 1. The van der Waals surface area contributed by atoms with E-state index in [9.17, 15) is 30.7 Å². The molecule has 2 heterocycles. The van der Waals surface area contributed by atoms with Gasteiger partial charge < -0.3 is 9.84 Å². The van der Waals surface area contributed by atoms with E-state index in [-0.39, 0.29) is 29.6 Å². The first-order valence-electron chi connectivity index (χ1n) is 15.2. The van der Waals surface area contributed by atoms with Crippen LogP contribution in [0.15, 0.2) is 77.4 Å². The van der Waals surface area contributed by atoms with Crippen LogP contribution in [-0.2, 0) is 30.4 Å². The van der Waals surface area contributed by atoms with Crippen LogP contribution in [0.2, 0.25) is 0 Å². The standard InChI is InChI=1S/C34H41NO9S2/c1-33(2,3)27-22-24(44-30-14-8-7-13-26(27)30)12-10-15-31-34(4,19-11-21-45(38,39)40)28-23-25(46(41,42)43)17-18-29(28)35(31)20-9-5-6-16-32(36)37/h7-8,10,12-15,17-18,22-23H,5-6,9,11,16,19-21H2,1-4H3,(H2-,36,37,38,39,40,41,42,43)/p+1. The molecule has 2 aliphatic rings. The normalized spacial score (nSPS) is 19.3. The molecule has 1 atom stereocenters. The molecule has 12 heteroatoms. The second-order valence-electron chi connectivity index (χ2n) is 13.0. The van der Waals surface area contributed by atoms with Crippen molar-refractivity contribution in [3.8, 4) is 5.75 Å². The summed E-state index contributed by atoms with van der Waals surface area (Å²) >= 11 is 0. The number of carboxylic acids is 1. The maximum atomic E-state index is 12.1. The van der Waals surface area contributed by atoms with Crippen LogP contribution in [0.1, 0.15) is 77.3 Å². The third-order valence-corrected chi connectivity index (χ3v) is 10.0. The molecular weight excluding hydrogens is 631 g/mol. The van der Waals surface area contributed by atoms with E-state index in [1.54, 1.807) is 6.07 Å². The molecule has 0 aromatic heterocycles. The number of aliphatic carboxylic acids is 1. The lowest BCUT2D eigenvalue weighted by molar-refractivity contribution is -0.438. The summed E-state index contributed by atoms with van der Waals surface area (Å²) in [7, 11) is -8.77. The number of unbranched alkanes of at least 4 members (excludes halogenated alkanes) is 2. The zero-order valence-electron chi connectivity index (χ0n) is 26.6. The van der Waals surface area contributed by atoms with Gasteiger partial charge in [0.15, 0.2) is 5.71 Å². The Morgan fingerprint density at radius 3 is 2.37 bits per heavy atom. The fraction of sp³-hybridized carbons (Fsp3) is 0.412. The van der Waals surface area contributed by atoms with Crippen molar-refractivity contribution < 1.29 is 45.2 Å². The molecule has 10 nitrogen and oxygen atoms in total. The SMILES string of the molecule is CC(C)(C)C1=CC(=CC=CC2=[N+](CCCCCC(=O)O)c3ccc(S(=O)(=O)O)cc3C2(C)CCCS(=O)(=O)O)Oc2ccccc21. The van der Waals surface area contributed by atoms with Gasteiger partial charge in [0.1, 0.15) is 18.1 Å². The molecule has 0 saturated carbocycles. The molecule has 0 radical (unpaired) electrons. The zero-order chi connectivity index (χ0) is 33.9. The summed E-state index contributed by atoms with van der Waals surface area (Å²) in [6.45, 7) is 8.76. The van der Waals surface area contributed by atoms with E-state index in [0.717, 1.165) is 22.6 Å². The van der Waals surface area contributed by atoms with Crippen molar-refractivity contribution >= 4 is 43.2 Å². The van der Waals surface area contributed by atoms with Crippen molar-refractivity contribution in [2.75, 3.05) is 12.3 Å². The number of benzene rings is 2. The van der Waals surface area contributed by atoms with Crippen LogP contribution in [0.3, 0.4) is 0 Å². The second kappa shape index (κ2) is 13.6. The number of fused-ring (bicyclic) bond motifs is 2. The summed E-state index contributed by atoms with van der Waals surface area (Å²) in [5.74, 6) is 0.0269. The van der Waals surface area contributed by atoms with Gasteiger partial charge in [-0.1, -0.05) is 45.0 Å². The molecule has 3 N–H and O–H groups in total. The van der Waals surface area contributed by atoms with Crippen molar-refractivity contribution in [2.24, 2.45) is 5.41 Å². The minimum atomic E-state index is -4.53. The number of rotatable bonds is 13. The number of hydrogen-bond acceptors (Lipinski definition) is 6. The van der Waals surface area contributed by atoms with E-state index in [1.165, 1.54) is 12.1 Å². The van der Waals surface area contributed by atoms with Gasteiger partial charge in [0.05, 0.1) is 16.1 Å². The molecule has 2 aromatic rings. The minimum Gasteiger partial charge on any atom is -0.481 e. The first-order chi connectivity index (χ1) is 21.4. The molecular formula is C34H42NO9S2+. The summed E-state index contributed by atoms with van der Waals surface area (Å²) in [6.07, 6.45) is 9.75. The van der Waals surface area contributed by atoms with E-state index in [0.29, 0.717) is 42.8 Å². The maximum absolute atomic E-state index is 12.1. The quantitative estimate of drug-likeness (QED) is 0.122. The van der Waals surface area contributed by atoms with E-state index < -0.39 is 37.4 Å². The molecule has 248 valence electrons. The third kappa shape index (κ3) is 8.41. The highest BCUT2D eigenvalue weighted by Gasteiger charge is 2.48. The molecule has 46 heavy (non-hydrogen) atoms. The molecule has 0 amide bonds. The largest absolute Gasteiger partial charge is 0.481 e. The van der Waals surface area contributed by atoms with Crippen molar-refractivity contribution in [3.05, 3.63) is 83.7 Å². The van der Waals surface area contributed by atoms with E-state index in [4.69, 9.17) is 9.84 Å². The van der Waals surface area contributed by atoms with Crippen LogP contribution < -0.4 is 4.74 Å². The Morgan fingerprint density at radius 2 is 1.72 bits per heavy atom. The Balaban J connectivity index is 1.79. The zero-order valence-corrected chi connectivity index (χ0v) is 28.2. The molecule has 0 aliphatic carbocycles. The average Bonchev–Trinajstić information content (AvgIpc) is 3.17. The van der Waals surface area contributed by atoms with Crippen molar-refractivity contribution in [1.82, 2.24) is 0 Å². The molecule has 2 aliphatic heterocycles. The first-order valence-corrected chi connectivity index (χ1v) is 18.3. The number of para-hydroxylation sites is 1. The number of carbonyl (C=O) groups is 1. The molecule has 2 aromatic carbocycles. The predicted molar refractivity (Wildman–Crippen MR) is 177 cm³/mol. The minimum absolute atomic E-state index is 0.0545. The van der Waals surface area contributed by atoms with Gasteiger partial charge >= 0.3 is 5.97 Å². The summed E-state index contributed by atoms with van der Waals surface area (Å²) in [5, 5.41) is 9.04. The summed E-state index contributed by atoms with van der Waals surface area (Å²) < 4.78 is 75.0. The first kappa shape index (κ1) is 35.3. The van der Waals surface area contributed by atoms with Crippen LogP contribution >= 0.6 is 0 Å². The lowest BCUT2D eigenvalue weighted by Gasteiger charge is -2.29. The molecule has 0 saturated heterocycles. The van der Waals surface area contributed by atoms with Gasteiger partial charge in [-0.15, -0.1) is 0 Å². The van der Waals surface area contributed by atoms with E-state index in [2.05, 4.69) is 20.8 Å². The Hall–Kier alpha value is -3.58. The summed E-state index contributed by atoms with van der Waals surface area (Å²) in [6, 6.07) is 12.2. The fourth-order valence-corrected chi connectivity index (χ4v) is 7.13. The van der Waals surface area contributed by atoms with Gasteiger partial charge in [-0.25, -0.2) is 0 Å². The maximum Gasteiger partial charge on any atom is 0.303 e. The van der Waals surface area contributed by atoms with Gasteiger partial charge in [0.25, 0.3) is 20.2 Å². The van der Waals surface area contributed by atoms with Gasteiger partial charge in [-0.3, -0.25) is 13.9 Å². The Morgan fingerprint density at radius 1 is 1.00 bits per heavy atom. The van der Waals surface area contributed by atoms with E-state index in [1.807, 2.05) is 60.1 Å². The highest BCUT2D eigenvalue weighted by atomic mass is 32.2. The average molecular weight is 673 g/mol. The van der Waals surface area contributed by atoms with Gasteiger partial charge in [0, 0.05) is 36.1 Å². The van der Waals surface area contributed by atoms with Crippen molar-refractivity contribution in [2.45, 2.75) is 76.5 Å². The van der Waals surface area contributed by atoms with Gasteiger partial charge in [0.2, 0.25) is 5.69 Å². The van der Waals surface area contributed by atoms with Crippen molar-refractivity contribution in [3.63, 3.8) is 0 Å². The van der Waals surface area contributed by atoms with Crippen LogP contribution in [0, 0.1) is 5.41 Å². The van der Waals surface area contributed by atoms with Crippen LogP contribution in [0.4, 0.5) is 5.69 Å². The lowest BCUT2D eigenvalue weighted by atomic mass is 9.75. The smallest absolute Gasteiger partial charge is 0.303 e. The number of allylic oxidation sites excluding steroid dienone is 5. The molecule has 1 unspecified atom stereocenters. The van der Waals surface area contributed by atoms with E-state index >= 15 is 0 Å². The number of hydrogen-bond donors (Lipinski definition) is 3. The Labute approximate surface area is 271 Å². The second-order valence-corrected chi connectivity index (χ2v) is 15.9. The Bertz CT molecular complexity index is 1850. The van der Waals surface area contributed by atoms with Crippen LogP contribution in [-0.4, -0.2) is 59.6 Å². The predicted octanol–water partition coefficient (Wildman–Crippen LogP) is 6.56. The van der Waals surface area contributed by atoms with Gasteiger partial charge in [-0.05, 0) is 73.9 Å². The lowest BCUT2D eigenvalue weighted by Crippen LogP contribution is -2.32. The highest BCUT2D eigenvalue weighted by Crippen LogP contribution is 2.45. The van der Waals surface area contributed by atoms with Crippen molar-refractivity contribution in [1.29, 1.82) is 0 Å². The highest BCUT2D eigenvalue weighted by molar-refractivity contribution is 7.86. The molecule has 4 rings (SSSR count). The van der Waals surface area contributed by atoms with Crippen LogP contribution in [0.25, 0.3) is 5.57 Å². The monoisotopic (exact) mass is 672 g/mol. The molecule has 0 fully saturated rings. The van der Waals surface area contributed by atoms with Crippen LogP contribution in [0.5, 0.6) is 5.75 Å². The topological polar surface area (TPSA) is 158 Å². The number of ether oxygens (including phenoxy) is 1. The summed E-state index contributed by atoms with van der Waals surface area (Å²) in [5.41, 5.74) is 3.13. The Kier molecular flexibility index (Phi) is 10.5. The molecule has 0 spiro atoms. The summed E-state index contributed by atoms with van der Waals surface area (Å²) in [4.78, 5) is 10.7. The molecule has 0 bridgehead atoms.